The van der Waals surface area contributed by atoms with Crippen molar-refractivity contribution in [3.05, 3.63) is 119 Å². The van der Waals surface area contributed by atoms with Gasteiger partial charge in [0, 0.05) is 17.7 Å². The number of allylic oxidation sites excluding steroid dienone is 1. The first-order valence-electron chi connectivity index (χ1n) is 15.1. The number of rotatable bonds is 17. The summed E-state index contributed by atoms with van der Waals surface area (Å²) in [5, 5.41) is 0. The standard InChI is InChI=1S/C37H41NO3/c39-35(33-16-12-9-13-17-33)27-24-32-20-18-30(19-21-32)14-10-7-5-3-1-2-4-6-8-11-15-31-22-25-34(26-23-31)38-36(40)28-29-37(38)41/h9,12-13,16-29H,1-8,10-11,14-15H2/b27-24+. The normalized spacial score (nSPS) is 13.0. The average molecular weight is 548 g/mol. The Hall–Kier alpha value is -4.05. The highest BCUT2D eigenvalue weighted by atomic mass is 16.2. The minimum Gasteiger partial charge on any atom is -0.289 e. The maximum Gasteiger partial charge on any atom is 0.258 e. The molecule has 3 aromatic rings. The molecule has 3 aromatic carbocycles. The first kappa shape index (κ1) is 29.9. The zero-order valence-electron chi connectivity index (χ0n) is 24.0. The van der Waals surface area contributed by atoms with Gasteiger partial charge in [-0.25, -0.2) is 4.90 Å². The number of hydrogen-bond donors (Lipinski definition) is 0. The molecule has 4 heteroatoms. The molecule has 0 N–H and O–H groups in total. The summed E-state index contributed by atoms with van der Waals surface area (Å²) in [6, 6.07) is 25.7. The van der Waals surface area contributed by atoms with Crippen LogP contribution >= 0.6 is 0 Å². The van der Waals surface area contributed by atoms with E-state index in [0.29, 0.717) is 11.3 Å². The van der Waals surface area contributed by atoms with Gasteiger partial charge in [0.25, 0.3) is 11.8 Å². The van der Waals surface area contributed by atoms with Crippen LogP contribution in [0, 0.1) is 0 Å². The summed E-state index contributed by atoms with van der Waals surface area (Å²) in [6.45, 7) is 0. The number of ketones is 1. The van der Waals surface area contributed by atoms with E-state index in [0.717, 1.165) is 18.4 Å². The van der Waals surface area contributed by atoms with Gasteiger partial charge < -0.3 is 0 Å². The van der Waals surface area contributed by atoms with E-state index < -0.39 is 0 Å². The summed E-state index contributed by atoms with van der Waals surface area (Å²) in [5.41, 5.74) is 5.03. The second-order valence-corrected chi connectivity index (χ2v) is 10.9. The third-order valence-corrected chi connectivity index (χ3v) is 7.65. The van der Waals surface area contributed by atoms with Crippen LogP contribution in [-0.2, 0) is 22.4 Å². The predicted molar refractivity (Wildman–Crippen MR) is 168 cm³/mol. The molecule has 0 saturated heterocycles. The van der Waals surface area contributed by atoms with Gasteiger partial charge in [-0.2, -0.15) is 0 Å². The number of unbranched alkanes of at least 4 members (excludes halogenated alkanes) is 9. The summed E-state index contributed by atoms with van der Waals surface area (Å²) in [7, 11) is 0. The lowest BCUT2D eigenvalue weighted by Gasteiger charge is -2.14. The van der Waals surface area contributed by atoms with Crippen LogP contribution in [0.2, 0.25) is 0 Å². The molecule has 0 bridgehead atoms. The highest BCUT2D eigenvalue weighted by Crippen LogP contribution is 2.21. The number of hydrogen-bond acceptors (Lipinski definition) is 3. The second-order valence-electron chi connectivity index (χ2n) is 10.9. The molecular formula is C37H41NO3. The van der Waals surface area contributed by atoms with E-state index in [4.69, 9.17) is 0 Å². The van der Waals surface area contributed by atoms with Gasteiger partial charge in [0.05, 0.1) is 5.69 Å². The Kier molecular flexibility index (Phi) is 11.9. The van der Waals surface area contributed by atoms with Crippen molar-refractivity contribution in [3.63, 3.8) is 0 Å². The first-order valence-corrected chi connectivity index (χ1v) is 15.1. The zero-order valence-corrected chi connectivity index (χ0v) is 24.0. The highest BCUT2D eigenvalue weighted by molar-refractivity contribution is 6.28. The van der Waals surface area contributed by atoms with Crippen molar-refractivity contribution in [2.75, 3.05) is 4.90 Å². The SMILES string of the molecule is O=C(/C=C/c1ccc(CCCCCCCCCCCCc2ccc(N3C(=O)C=CC3=O)cc2)cc1)c1ccccc1. The maximum absolute atomic E-state index is 12.2. The highest BCUT2D eigenvalue weighted by Gasteiger charge is 2.24. The molecule has 0 radical (unpaired) electrons. The molecule has 4 nitrogen and oxygen atoms in total. The zero-order chi connectivity index (χ0) is 28.7. The van der Waals surface area contributed by atoms with Gasteiger partial charge in [-0.1, -0.05) is 124 Å². The Morgan fingerprint density at radius 2 is 1.02 bits per heavy atom. The monoisotopic (exact) mass is 547 g/mol. The first-order chi connectivity index (χ1) is 20.1. The lowest BCUT2D eigenvalue weighted by atomic mass is 10.0. The molecule has 0 unspecified atom stereocenters. The molecule has 0 aliphatic carbocycles. The number of aryl methyl sites for hydroxylation is 2. The summed E-state index contributed by atoms with van der Waals surface area (Å²) in [4.78, 5) is 37.0. The molecular weight excluding hydrogens is 506 g/mol. The number of carbonyl (C=O) groups is 3. The molecule has 41 heavy (non-hydrogen) atoms. The summed E-state index contributed by atoms with van der Waals surface area (Å²) >= 11 is 0. The van der Waals surface area contributed by atoms with Crippen molar-refractivity contribution in [2.45, 2.75) is 77.0 Å². The summed E-state index contributed by atoms with van der Waals surface area (Å²) < 4.78 is 0. The average Bonchev–Trinajstić information content (AvgIpc) is 3.35. The topological polar surface area (TPSA) is 54.5 Å². The van der Waals surface area contributed by atoms with Crippen LogP contribution in [0.4, 0.5) is 5.69 Å². The van der Waals surface area contributed by atoms with Crippen molar-refractivity contribution in [3.8, 4) is 0 Å². The second kappa shape index (κ2) is 16.3. The fourth-order valence-corrected chi connectivity index (χ4v) is 5.20. The van der Waals surface area contributed by atoms with Crippen LogP contribution in [0.1, 0.15) is 91.3 Å². The smallest absolute Gasteiger partial charge is 0.258 e. The minimum atomic E-state index is -0.270. The predicted octanol–water partition coefficient (Wildman–Crippen LogP) is 8.70. The fraction of sp³-hybridized carbons (Fsp3) is 0.324. The van der Waals surface area contributed by atoms with E-state index >= 15 is 0 Å². The van der Waals surface area contributed by atoms with E-state index in [1.165, 1.54) is 92.4 Å². The number of amides is 2. The number of nitrogens with zero attached hydrogens (tertiary/aromatic N) is 1. The molecule has 4 rings (SSSR count). The molecule has 212 valence electrons. The number of anilines is 1. The molecule has 1 aliphatic rings. The summed E-state index contributed by atoms with van der Waals surface area (Å²) in [5.74, 6) is -0.508. The van der Waals surface area contributed by atoms with E-state index in [2.05, 4.69) is 24.3 Å². The molecule has 1 aliphatic heterocycles. The van der Waals surface area contributed by atoms with Crippen molar-refractivity contribution in [1.82, 2.24) is 0 Å². The molecule has 2 amide bonds. The van der Waals surface area contributed by atoms with Gasteiger partial charge in [-0.05, 0) is 60.6 Å². The molecule has 0 atom stereocenters. The van der Waals surface area contributed by atoms with Crippen LogP contribution in [-0.4, -0.2) is 17.6 Å². The van der Waals surface area contributed by atoms with Gasteiger partial charge in [0.15, 0.2) is 5.78 Å². The number of benzene rings is 3. The van der Waals surface area contributed by atoms with Crippen LogP contribution in [0.3, 0.4) is 0 Å². The van der Waals surface area contributed by atoms with E-state index in [1.807, 2.05) is 60.7 Å². The molecule has 0 saturated carbocycles. The largest absolute Gasteiger partial charge is 0.289 e. The van der Waals surface area contributed by atoms with Crippen molar-refractivity contribution in [2.24, 2.45) is 0 Å². The van der Waals surface area contributed by atoms with E-state index in [9.17, 15) is 14.4 Å². The van der Waals surface area contributed by atoms with Crippen LogP contribution < -0.4 is 4.90 Å². The Morgan fingerprint density at radius 1 is 0.561 bits per heavy atom. The van der Waals surface area contributed by atoms with Crippen molar-refractivity contribution in [1.29, 1.82) is 0 Å². The number of carbonyl (C=O) groups excluding carboxylic acids is 3. The Morgan fingerprint density at radius 3 is 1.54 bits per heavy atom. The van der Waals surface area contributed by atoms with E-state index in [1.54, 1.807) is 6.08 Å². The van der Waals surface area contributed by atoms with Gasteiger partial charge in [0.2, 0.25) is 0 Å². The van der Waals surface area contributed by atoms with Gasteiger partial charge in [-0.15, -0.1) is 0 Å². The van der Waals surface area contributed by atoms with Crippen LogP contribution in [0.25, 0.3) is 6.08 Å². The maximum atomic E-state index is 12.2. The quantitative estimate of drug-likeness (QED) is 0.0735. The van der Waals surface area contributed by atoms with Crippen LogP contribution in [0.15, 0.2) is 97.1 Å². The summed E-state index contributed by atoms with van der Waals surface area (Å²) in [6.07, 6.45) is 21.1. The molecule has 0 aromatic heterocycles. The van der Waals surface area contributed by atoms with Gasteiger partial charge in [0.1, 0.15) is 0 Å². The third-order valence-electron chi connectivity index (χ3n) is 7.65. The molecule has 0 fully saturated rings. The van der Waals surface area contributed by atoms with Crippen LogP contribution in [0.5, 0.6) is 0 Å². The fourth-order valence-electron chi connectivity index (χ4n) is 5.20. The lowest BCUT2D eigenvalue weighted by Crippen LogP contribution is -2.29. The molecule has 1 heterocycles. The lowest BCUT2D eigenvalue weighted by molar-refractivity contribution is -0.119. The third kappa shape index (κ3) is 9.82. The van der Waals surface area contributed by atoms with Gasteiger partial charge >= 0.3 is 0 Å². The Labute approximate surface area is 244 Å². The van der Waals surface area contributed by atoms with E-state index in [-0.39, 0.29) is 17.6 Å². The Bertz CT molecular complexity index is 1300. The minimum absolute atomic E-state index is 0.0321. The van der Waals surface area contributed by atoms with Crippen molar-refractivity contribution >= 4 is 29.4 Å². The Balaban J connectivity index is 0.977. The number of imide groups is 1. The van der Waals surface area contributed by atoms with Gasteiger partial charge in [-0.3, -0.25) is 14.4 Å². The molecule has 0 spiro atoms. The van der Waals surface area contributed by atoms with Crippen molar-refractivity contribution < 1.29 is 14.4 Å².